The maximum atomic E-state index is 13.1. The number of amides is 2. The van der Waals surface area contributed by atoms with Crippen LogP contribution >= 0.6 is 0 Å². The topological polar surface area (TPSA) is 122 Å². The minimum atomic E-state index is -3.80. The van der Waals surface area contributed by atoms with Gasteiger partial charge in [0.1, 0.15) is 5.82 Å². The number of fused-ring (bicyclic) bond motifs is 1. The van der Waals surface area contributed by atoms with E-state index < -0.39 is 21.7 Å². The number of halogens is 1. The summed E-state index contributed by atoms with van der Waals surface area (Å²) in [5, 5.41) is 10.6. The van der Waals surface area contributed by atoms with Crippen LogP contribution in [0.4, 0.5) is 21.5 Å². The van der Waals surface area contributed by atoms with Crippen molar-refractivity contribution in [2.45, 2.75) is 11.3 Å². The van der Waals surface area contributed by atoms with Gasteiger partial charge in [0.25, 0.3) is 5.91 Å². The van der Waals surface area contributed by atoms with E-state index >= 15 is 0 Å². The molecular weight excluding hydrogens is 447 g/mol. The standard InChI is InChI=1S/C23H21FN4O4S/c24-16-5-7-17(8-6-16)26-23(30)19-3-1-2-4-20(19)27-22(29)14-28-12-11-15-13-18(33(25,31)32)9-10-21(15)28/h1-10,13H,11-12,14H2,(H,26,30)(H,27,29)(H2,25,31,32). The second kappa shape index (κ2) is 9.00. The molecule has 1 aliphatic heterocycles. The van der Waals surface area contributed by atoms with Gasteiger partial charge < -0.3 is 15.5 Å². The van der Waals surface area contributed by atoms with E-state index in [1.54, 1.807) is 30.3 Å². The lowest BCUT2D eigenvalue weighted by atomic mass is 10.1. The van der Waals surface area contributed by atoms with Gasteiger partial charge in [0.2, 0.25) is 15.9 Å². The number of hydrogen-bond donors (Lipinski definition) is 3. The Hall–Kier alpha value is -3.76. The van der Waals surface area contributed by atoms with Gasteiger partial charge in [-0.1, -0.05) is 12.1 Å². The van der Waals surface area contributed by atoms with Crippen molar-refractivity contribution in [2.75, 3.05) is 28.6 Å². The first-order valence-corrected chi connectivity index (χ1v) is 11.6. The molecule has 0 unspecified atom stereocenters. The Balaban J connectivity index is 1.45. The van der Waals surface area contributed by atoms with E-state index in [9.17, 15) is 22.4 Å². The average molecular weight is 469 g/mol. The van der Waals surface area contributed by atoms with Crippen molar-refractivity contribution in [3.05, 3.63) is 83.7 Å². The first-order chi connectivity index (χ1) is 15.7. The summed E-state index contributed by atoms with van der Waals surface area (Å²) in [4.78, 5) is 27.3. The molecule has 1 aliphatic rings. The number of hydrogen-bond acceptors (Lipinski definition) is 5. The highest BCUT2D eigenvalue weighted by Crippen LogP contribution is 2.30. The fourth-order valence-electron chi connectivity index (χ4n) is 3.67. The number of sulfonamides is 1. The van der Waals surface area contributed by atoms with Gasteiger partial charge in [-0.25, -0.2) is 17.9 Å². The molecule has 0 aliphatic carbocycles. The molecule has 8 nitrogen and oxygen atoms in total. The smallest absolute Gasteiger partial charge is 0.257 e. The number of benzene rings is 3. The lowest BCUT2D eigenvalue weighted by molar-refractivity contribution is -0.115. The van der Waals surface area contributed by atoms with Gasteiger partial charge in [-0.3, -0.25) is 9.59 Å². The van der Waals surface area contributed by atoms with Crippen LogP contribution in [0.5, 0.6) is 0 Å². The number of carbonyl (C=O) groups is 2. The Morgan fingerprint density at radius 2 is 1.73 bits per heavy atom. The molecule has 10 heteroatoms. The molecule has 3 aromatic carbocycles. The van der Waals surface area contributed by atoms with Crippen LogP contribution in [-0.2, 0) is 21.2 Å². The number of rotatable bonds is 6. The third-order valence-corrected chi connectivity index (χ3v) is 6.16. The molecule has 3 aromatic rings. The van der Waals surface area contributed by atoms with Gasteiger partial charge in [0.15, 0.2) is 0 Å². The lowest BCUT2D eigenvalue weighted by Gasteiger charge is -2.19. The summed E-state index contributed by atoms with van der Waals surface area (Å²) < 4.78 is 36.2. The molecule has 0 fully saturated rings. The molecule has 0 atom stereocenters. The molecule has 33 heavy (non-hydrogen) atoms. The van der Waals surface area contributed by atoms with E-state index in [-0.39, 0.29) is 22.9 Å². The zero-order valence-corrected chi connectivity index (χ0v) is 18.2. The van der Waals surface area contributed by atoms with Crippen molar-refractivity contribution in [3.8, 4) is 0 Å². The molecule has 0 bridgehead atoms. The molecule has 2 amide bonds. The van der Waals surface area contributed by atoms with Gasteiger partial charge in [-0.2, -0.15) is 0 Å². The molecule has 0 saturated heterocycles. The highest BCUT2D eigenvalue weighted by molar-refractivity contribution is 7.89. The maximum absolute atomic E-state index is 13.1. The van der Waals surface area contributed by atoms with Gasteiger partial charge in [-0.15, -0.1) is 0 Å². The SMILES string of the molecule is NS(=O)(=O)c1ccc2c(c1)CCN2CC(=O)Nc1ccccc1C(=O)Nc1ccc(F)cc1. The Morgan fingerprint density at radius 3 is 2.45 bits per heavy atom. The Labute approximate surface area is 190 Å². The summed E-state index contributed by atoms with van der Waals surface area (Å²) in [5.74, 6) is -1.19. The van der Waals surface area contributed by atoms with Crippen molar-refractivity contribution >= 4 is 38.9 Å². The zero-order valence-electron chi connectivity index (χ0n) is 17.4. The molecule has 170 valence electrons. The third-order valence-electron chi connectivity index (χ3n) is 5.25. The predicted molar refractivity (Wildman–Crippen MR) is 123 cm³/mol. The van der Waals surface area contributed by atoms with E-state index in [4.69, 9.17) is 5.14 Å². The van der Waals surface area contributed by atoms with Gasteiger partial charge >= 0.3 is 0 Å². The summed E-state index contributed by atoms with van der Waals surface area (Å²) in [5.41, 5.74) is 2.59. The molecule has 1 heterocycles. The van der Waals surface area contributed by atoms with Crippen molar-refractivity contribution in [2.24, 2.45) is 5.14 Å². The van der Waals surface area contributed by atoms with Crippen LogP contribution in [0.25, 0.3) is 0 Å². The molecule has 0 saturated carbocycles. The van der Waals surface area contributed by atoms with Crippen LogP contribution in [0.15, 0.2) is 71.6 Å². The molecule has 0 radical (unpaired) electrons. The maximum Gasteiger partial charge on any atom is 0.257 e. The minimum absolute atomic E-state index is 0.0234. The predicted octanol–water partition coefficient (Wildman–Crippen LogP) is 2.73. The van der Waals surface area contributed by atoms with Gasteiger partial charge in [-0.05, 0) is 66.6 Å². The summed E-state index contributed by atoms with van der Waals surface area (Å²) >= 11 is 0. The number of primary sulfonamides is 1. The monoisotopic (exact) mass is 468 g/mol. The number of anilines is 3. The summed E-state index contributed by atoms with van der Waals surface area (Å²) in [7, 11) is -3.80. The van der Waals surface area contributed by atoms with E-state index in [0.717, 1.165) is 11.3 Å². The van der Waals surface area contributed by atoms with Crippen LogP contribution in [0.2, 0.25) is 0 Å². The summed E-state index contributed by atoms with van der Waals surface area (Å²) in [6, 6.07) is 16.5. The Bertz CT molecular complexity index is 1330. The number of para-hydroxylation sites is 1. The summed E-state index contributed by atoms with van der Waals surface area (Å²) in [6.45, 7) is 0.569. The highest BCUT2D eigenvalue weighted by Gasteiger charge is 2.23. The fourth-order valence-corrected chi connectivity index (χ4v) is 4.24. The molecule has 0 spiro atoms. The largest absolute Gasteiger partial charge is 0.362 e. The van der Waals surface area contributed by atoms with Crippen molar-refractivity contribution in [3.63, 3.8) is 0 Å². The second-order valence-electron chi connectivity index (χ2n) is 7.56. The molecular formula is C23H21FN4O4S. The van der Waals surface area contributed by atoms with Gasteiger partial charge in [0, 0.05) is 17.9 Å². The minimum Gasteiger partial charge on any atom is -0.362 e. The first-order valence-electron chi connectivity index (χ1n) is 10.1. The van der Waals surface area contributed by atoms with Crippen LogP contribution in [-0.4, -0.2) is 33.3 Å². The second-order valence-corrected chi connectivity index (χ2v) is 9.12. The molecule has 4 rings (SSSR count). The number of nitrogens with one attached hydrogen (secondary N) is 2. The summed E-state index contributed by atoms with van der Waals surface area (Å²) in [6.07, 6.45) is 0.586. The molecule has 4 N–H and O–H groups in total. The third kappa shape index (κ3) is 5.18. The average Bonchev–Trinajstić information content (AvgIpc) is 3.17. The normalized spacial score (nSPS) is 12.8. The van der Waals surface area contributed by atoms with Crippen molar-refractivity contribution in [1.82, 2.24) is 0 Å². The highest BCUT2D eigenvalue weighted by atomic mass is 32.2. The van der Waals surface area contributed by atoms with E-state index in [1.165, 1.54) is 36.4 Å². The quantitative estimate of drug-likeness (QED) is 0.514. The van der Waals surface area contributed by atoms with E-state index in [1.807, 2.05) is 4.90 Å². The number of carbonyl (C=O) groups excluding carboxylic acids is 2. The van der Waals surface area contributed by atoms with Crippen molar-refractivity contribution in [1.29, 1.82) is 0 Å². The van der Waals surface area contributed by atoms with E-state index in [2.05, 4.69) is 10.6 Å². The van der Waals surface area contributed by atoms with E-state index in [0.29, 0.717) is 24.3 Å². The zero-order chi connectivity index (χ0) is 23.6. The van der Waals surface area contributed by atoms with Crippen molar-refractivity contribution < 1.29 is 22.4 Å². The number of nitrogens with two attached hydrogens (primary N) is 1. The molecule has 0 aromatic heterocycles. The fraction of sp³-hybridized carbons (Fsp3) is 0.130. The first kappa shape index (κ1) is 22.4. The van der Waals surface area contributed by atoms with Crippen LogP contribution < -0.4 is 20.7 Å². The lowest BCUT2D eigenvalue weighted by Crippen LogP contribution is -2.32. The number of nitrogens with zero attached hydrogens (tertiary/aromatic N) is 1. The Morgan fingerprint density at radius 1 is 1.00 bits per heavy atom. The van der Waals surface area contributed by atoms with Crippen LogP contribution in [0.3, 0.4) is 0 Å². The van der Waals surface area contributed by atoms with Crippen LogP contribution in [0.1, 0.15) is 15.9 Å². The van der Waals surface area contributed by atoms with Gasteiger partial charge in [0.05, 0.1) is 22.7 Å². The Kier molecular flexibility index (Phi) is 6.12. The van der Waals surface area contributed by atoms with Crippen LogP contribution in [0, 0.1) is 5.82 Å².